The van der Waals surface area contributed by atoms with Crippen LogP contribution in [0.3, 0.4) is 0 Å². The zero-order valence-electron chi connectivity index (χ0n) is 21.3. The number of nitrogens with zero attached hydrogens (tertiary/aromatic N) is 2. The van der Waals surface area contributed by atoms with Crippen LogP contribution in [0.5, 0.6) is 0 Å². The Balaban J connectivity index is 1.87. The second-order valence-electron chi connectivity index (χ2n) is 9.99. The summed E-state index contributed by atoms with van der Waals surface area (Å²) in [5.74, 6) is 1.00. The van der Waals surface area contributed by atoms with Gasteiger partial charge >= 0.3 is 0 Å². The minimum Gasteiger partial charge on any atom is -0.454 e. The first-order valence-electron chi connectivity index (χ1n) is 12.3. The van der Waals surface area contributed by atoms with E-state index in [-0.39, 0.29) is 0 Å². The molecule has 35 heavy (non-hydrogen) atoms. The lowest BCUT2D eigenvalue weighted by atomic mass is 9.88. The molecule has 0 bridgehead atoms. The molecule has 0 aliphatic heterocycles. The number of hydrogen-bond donors (Lipinski definition) is 0. The van der Waals surface area contributed by atoms with Gasteiger partial charge in [-0.1, -0.05) is 63.2 Å². The molecule has 0 saturated carbocycles. The largest absolute Gasteiger partial charge is 0.454 e. The van der Waals surface area contributed by atoms with Gasteiger partial charge < -0.3 is 4.42 Å². The first kappa shape index (κ1) is 22.9. The first-order chi connectivity index (χ1) is 16.8. The van der Waals surface area contributed by atoms with E-state index >= 15 is 0 Å². The maximum absolute atomic E-state index is 9.89. The van der Waals surface area contributed by atoms with Crippen LogP contribution < -0.4 is 4.57 Å². The maximum Gasteiger partial charge on any atom is 0.216 e. The van der Waals surface area contributed by atoms with Crippen LogP contribution in [0.25, 0.3) is 44.3 Å². The van der Waals surface area contributed by atoms with Crippen LogP contribution >= 0.6 is 0 Å². The second kappa shape index (κ2) is 8.71. The van der Waals surface area contributed by atoms with Gasteiger partial charge in [0, 0.05) is 35.4 Å². The zero-order valence-corrected chi connectivity index (χ0v) is 21.3. The van der Waals surface area contributed by atoms with Crippen molar-refractivity contribution in [1.82, 2.24) is 0 Å². The van der Waals surface area contributed by atoms with E-state index in [0.29, 0.717) is 17.4 Å². The van der Waals surface area contributed by atoms with Gasteiger partial charge in [0.05, 0.1) is 17.2 Å². The molecule has 5 rings (SSSR count). The molecule has 2 heterocycles. The monoisotopic (exact) mass is 459 g/mol. The van der Waals surface area contributed by atoms with Crippen molar-refractivity contribution in [3.8, 4) is 28.5 Å². The number of hydrogen-bond acceptors (Lipinski definition) is 2. The fourth-order valence-corrected chi connectivity index (χ4v) is 5.02. The fourth-order valence-electron chi connectivity index (χ4n) is 5.02. The molecule has 0 spiro atoms. The summed E-state index contributed by atoms with van der Waals surface area (Å²) >= 11 is 0. The van der Waals surface area contributed by atoms with Gasteiger partial charge in [-0.2, -0.15) is 9.83 Å². The fraction of sp³-hybridized carbons (Fsp3) is 0.250. The van der Waals surface area contributed by atoms with Crippen molar-refractivity contribution < 1.29 is 8.98 Å². The maximum atomic E-state index is 9.89. The SMILES string of the molecule is Cc1ccc2c(oc3c(-c4ccccc4)c(C#N)ccc32)c1-c1cc(C(C)C(C)C)cc(C)[n+]1C. The van der Waals surface area contributed by atoms with Crippen molar-refractivity contribution in [2.24, 2.45) is 13.0 Å². The van der Waals surface area contributed by atoms with Gasteiger partial charge in [0.15, 0.2) is 5.69 Å². The molecule has 0 amide bonds. The highest BCUT2D eigenvalue weighted by atomic mass is 16.3. The molecule has 3 nitrogen and oxygen atoms in total. The molecule has 3 aromatic carbocycles. The van der Waals surface area contributed by atoms with Crippen LogP contribution in [-0.4, -0.2) is 0 Å². The summed E-state index contributed by atoms with van der Waals surface area (Å²) in [6.45, 7) is 11.2. The summed E-state index contributed by atoms with van der Waals surface area (Å²) in [5.41, 5.74) is 10.1. The number of rotatable bonds is 4. The average molecular weight is 460 g/mol. The van der Waals surface area contributed by atoms with Crippen molar-refractivity contribution in [2.45, 2.75) is 40.5 Å². The molecule has 0 aliphatic carbocycles. The lowest BCUT2D eigenvalue weighted by Crippen LogP contribution is -2.35. The van der Waals surface area contributed by atoms with Crippen molar-refractivity contribution in [3.63, 3.8) is 0 Å². The molecule has 0 radical (unpaired) electrons. The quantitative estimate of drug-likeness (QED) is 0.256. The third-order valence-corrected chi connectivity index (χ3v) is 7.55. The number of aromatic nitrogens is 1. The van der Waals surface area contributed by atoms with E-state index < -0.39 is 0 Å². The van der Waals surface area contributed by atoms with E-state index in [4.69, 9.17) is 4.42 Å². The van der Waals surface area contributed by atoms with Gasteiger partial charge in [0.2, 0.25) is 5.69 Å². The Kier molecular flexibility index (Phi) is 5.69. The molecule has 0 saturated heterocycles. The van der Waals surface area contributed by atoms with Gasteiger partial charge in [0.25, 0.3) is 0 Å². The first-order valence-corrected chi connectivity index (χ1v) is 12.3. The highest BCUT2D eigenvalue weighted by Crippen LogP contribution is 2.42. The molecule has 1 atom stereocenters. The smallest absolute Gasteiger partial charge is 0.216 e. The van der Waals surface area contributed by atoms with Crippen LogP contribution in [0.2, 0.25) is 0 Å². The van der Waals surface area contributed by atoms with Crippen molar-refractivity contribution in [1.29, 1.82) is 5.26 Å². The topological polar surface area (TPSA) is 40.8 Å². The van der Waals surface area contributed by atoms with Crippen molar-refractivity contribution in [3.05, 3.63) is 89.1 Å². The number of benzene rings is 3. The summed E-state index contributed by atoms with van der Waals surface area (Å²) in [4.78, 5) is 0. The average Bonchev–Trinajstić information content (AvgIpc) is 3.23. The third kappa shape index (κ3) is 3.70. The Morgan fingerprint density at radius 1 is 0.829 bits per heavy atom. The molecule has 2 aromatic heterocycles. The normalized spacial score (nSPS) is 12.4. The lowest BCUT2D eigenvalue weighted by molar-refractivity contribution is -0.666. The summed E-state index contributed by atoms with van der Waals surface area (Å²) < 4.78 is 8.98. The van der Waals surface area contributed by atoms with E-state index in [2.05, 4.69) is 76.6 Å². The summed E-state index contributed by atoms with van der Waals surface area (Å²) in [6, 6.07) is 25.3. The van der Waals surface area contributed by atoms with E-state index in [9.17, 15) is 5.26 Å². The predicted octanol–water partition coefficient (Wildman–Crippen LogP) is 7.99. The molecule has 1 unspecified atom stereocenters. The minimum absolute atomic E-state index is 0.451. The van der Waals surface area contributed by atoms with E-state index in [1.54, 1.807) is 0 Å². The molecular formula is C32H31N2O+. The Hall–Kier alpha value is -3.90. The molecule has 5 aromatic rings. The van der Waals surface area contributed by atoms with Crippen LogP contribution in [-0.2, 0) is 7.05 Å². The van der Waals surface area contributed by atoms with E-state index in [1.807, 2.05) is 42.5 Å². The molecule has 174 valence electrons. The Morgan fingerprint density at radius 3 is 2.14 bits per heavy atom. The third-order valence-electron chi connectivity index (χ3n) is 7.55. The molecule has 0 N–H and O–H groups in total. The number of aryl methyl sites for hydroxylation is 2. The van der Waals surface area contributed by atoms with Crippen LogP contribution in [0.4, 0.5) is 0 Å². The number of pyridine rings is 1. The predicted molar refractivity (Wildman–Crippen MR) is 143 cm³/mol. The Labute approximate surface area is 207 Å². The second-order valence-corrected chi connectivity index (χ2v) is 9.99. The van der Waals surface area contributed by atoms with E-state index in [1.165, 1.54) is 16.8 Å². The van der Waals surface area contributed by atoms with Gasteiger partial charge in [-0.15, -0.1) is 0 Å². The van der Waals surface area contributed by atoms with E-state index in [0.717, 1.165) is 44.3 Å². The summed E-state index contributed by atoms with van der Waals surface area (Å²) in [7, 11) is 2.12. The zero-order chi connectivity index (χ0) is 24.9. The van der Waals surface area contributed by atoms with Gasteiger partial charge in [-0.3, -0.25) is 0 Å². The molecule has 0 aliphatic rings. The number of furan rings is 1. The van der Waals surface area contributed by atoms with Crippen LogP contribution in [0.15, 0.2) is 71.1 Å². The van der Waals surface area contributed by atoms with Crippen LogP contribution in [0, 0.1) is 31.1 Å². The number of nitriles is 1. The van der Waals surface area contributed by atoms with Crippen molar-refractivity contribution >= 4 is 21.9 Å². The van der Waals surface area contributed by atoms with Gasteiger partial charge in [-0.25, -0.2) is 0 Å². The summed E-state index contributed by atoms with van der Waals surface area (Å²) in [6.07, 6.45) is 0. The number of fused-ring (bicyclic) bond motifs is 3. The minimum atomic E-state index is 0.451. The Bertz CT molecular complexity index is 1620. The van der Waals surface area contributed by atoms with Gasteiger partial charge in [-0.05, 0) is 47.6 Å². The van der Waals surface area contributed by atoms with Crippen molar-refractivity contribution in [2.75, 3.05) is 0 Å². The Morgan fingerprint density at radius 2 is 1.49 bits per heavy atom. The molecular weight excluding hydrogens is 428 g/mol. The summed E-state index contributed by atoms with van der Waals surface area (Å²) in [5, 5.41) is 12.0. The standard InChI is InChI=1S/C32H31N2O/c1-19(2)22(5)25-16-21(4)34(6)28(17-25)29-20(3)12-14-26-27-15-13-24(18-33)30(32(27)35-31(26)29)23-10-8-7-9-11-23/h7-17,19,22H,1-6H3/q+1. The highest BCUT2D eigenvalue weighted by molar-refractivity contribution is 6.14. The highest BCUT2D eigenvalue weighted by Gasteiger charge is 2.25. The molecule has 0 fully saturated rings. The van der Waals surface area contributed by atoms with Gasteiger partial charge in [0.1, 0.15) is 18.2 Å². The molecule has 3 heteroatoms. The van der Waals surface area contributed by atoms with Crippen LogP contribution in [0.1, 0.15) is 49.1 Å². The lowest BCUT2D eigenvalue weighted by Gasteiger charge is -2.17.